The molecule has 0 saturated carbocycles. The molecular formula is C13H24N2O. The standard InChI is InChI=1S/C13H24N2O/c16-13-14-11-9-7-5-3-1-2-4-6-8-10-12(11)15-13/h1,3,11-16H,2,4-10H2/b3-1-. The fraction of sp³-hybridized carbons (Fsp3) is 0.846. The van der Waals surface area contributed by atoms with Crippen molar-refractivity contribution in [2.75, 3.05) is 0 Å². The summed E-state index contributed by atoms with van der Waals surface area (Å²) in [6, 6.07) is 0.932. The number of hydrogen-bond acceptors (Lipinski definition) is 3. The zero-order valence-corrected chi connectivity index (χ0v) is 9.99. The molecule has 1 fully saturated rings. The fourth-order valence-corrected chi connectivity index (χ4v) is 2.75. The van der Waals surface area contributed by atoms with Crippen LogP contribution in [0.2, 0.25) is 0 Å². The molecule has 0 aromatic carbocycles. The largest absolute Gasteiger partial charge is 0.365 e. The van der Waals surface area contributed by atoms with Crippen molar-refractivity contribution in [2.45, 2.75) is 69.8 Å². The highest BCUT2D eigenvalue weighted by Gasteiger charge is 2.30. The van der Waals surface area contributed by atoms with Crippen LogP contribution in [0.5, 0.6) is 0 Å². The minimum atomic E-state index is -0.490. The van der Waals surface area contributed by atoms with Crippen LogP contribution >= 0.6 is 0 Å². The van der Waals surface area contributed by atoms with Crippen LogP contribution in [-0.2, 0) is 0 Å². The molecule has 0 aromatic rings. The van der Waals surface area contributed by atoms with Crippen LogP contribution in [0.15, 0.2) is 12.2 Å². The lowest BCUT2D eigenvalue weighted by molar-refractivity contribution is 0.129. The van der Waals surface area contributed by atoms with E-state index < -0.39 is 6.35 Å². The lowest BCUT2D eigenvalue weighted by Crippen LogP contribution is -2.33. The fourth-order valence-electron chi connectivity index (χ4n) is 2.75. The molecule has 0 bridgehead atoms. The second-order valence-corrected chi connectivity index (χ2v) is 4.99. The van der Waals surface area contributed by atoms with E-state index in [-0.39, 0.29) is 0 Å². The maximum absolute atomic E-state index is 9.56. The van der Waals surface area contributed by atoms with Crippen LogP contribution in [0, 0.1) is 0 Å². The van der Waals surface area contributed by atoms with E-state index in [1.807, 2.05) is 0 Å². The van der Waals surface area contributed by atoms with Crippen LogP contribution in [-0.4, -0.2) is 23.5 Å². The molecule has 3 N–H and O–H groups in total. The van der Waals surface area contributed by atoms with E-state index in [0.29, 0.717) is 12.1 Å². The third-order valence-corrected chi connectivity index (χ3v) is 3.67. The van der Waals surface area contributed by atoms with Gasteiger partial charge in [0.2, 0.25) is 0 Å². The first kappa shape index (κ1) is 12.1. The van der Waals surface area contributed by atoms with E-state index in [0.717, 1.165) is 0 Å². The topological polar surface area (TPSA) is 44.3 Å². The van der Waals surface area contributed by atoms with E-state index in [1.165, 1.54) is 51.4 Å². The van der Waals surface area contributed by atoms with Gasteiger partial charge in [0.1, 0.15) is 0 Å². The third-order valence-electron chi connectivity index (χ3n) is 3.67. The van der Waals surface area contributed by atoms with Crippen molar-refractivity contribution in [2.24, 2.45) is 0 Å². The predicted molar refractivity (Wildman–Crippen MR) is 65.9 cm³/mol. The van der Waals surface area contributed by atoms with E-state index >= 15 is 0 Å². The molecule has 1 saturated heterocycles. The summed E-state index contributed by atoms with van der Waals surface area (Å²) in [5.41, 5.74) is 0. The Kier molecular flexibility index (Phi) is 4.82. The number of fused-ring (bicyclic) bond motifs is 1. The Labute approximate surface area is 98.3 Å². The summed E-state index contributed by atoms with van der Waals surface area (Å²) >= 11 is 0. The SMILES string of the molecule is OC1NC2CCC/C=C\CCCCCC2N1. The molecule has 16 heavy (non-hydrogen) atoms. The Morgan fingerprint density at radius 3 is 2.19 bits per heavy atom. The summed E-state index contributed by atoms with van der Waals surface area (Å²) < 4.78 is 0. The molecule has 0 aromatic heterocycles. The van der Waals surface area contributed by atoms with Crippen LogP contribution in [0.4, 0.5) is 0 Å². The maximum Gasteiger partial charge on any atom is 0.161 e. The van der Waals surface area contributed by atoms with Gasteiger partial charge >= 0.3 is 0 Å². The van der Waals surface area contributed by atoms with E-state index in [4.69, 9.17) is 0 Å². The summed E-state index contributed by atoms with van der Waals surface area (Å²) in [6.45, 7) is 0. The lowest BCUT2D eigenvalue weighted by atomic mass is 9.97. The van der Waals surface area contributed by atoms with Crippen molar-refractivity contribution < 1.29 is 5.11 Å². The molecule has 3 nitrogen and oxygen atoms in total. The predicted octanol–water partition coefficient (Wildman–Crippen LogP) is 1.88. The molecule has 1 heterocycles. The Bertz CT molecular complexity index is 230. The molecule has 0 amide bonds. The Balaban J connectivity index is 1.86. The quantitative estimate of drug-likeness (QED) is 0.551. The Morgan fingerprint density at radius 2 is 1.44 bits per heavy atom. The summed E-state index contributed by atoms with van der Waals surface area (Å²) in [4.78, 5) is 0. The van der Waals surface area contributed by atoms with Crippen molar-refractivity contribution in [3.05, 3.63) is 12.2 Å². The zero-order chi connectivity index (χ0) is 11.2. The van der Waals surface area contributed by atoms with Crippen molar-refractivity contribution in [1.29, 1.82) is 0 Å². The van der Waals surface area contributed by atoms with Gasteiger partial charge in [-0.25, -0.2) is 0 Å². The van der Waals surface area contributed by atoms with Gasteiger partial charge in [0, 0.05) is 12.1 Å². The van der Waals surface area contributed by atoms with E-state index in [2.05, 4.69) is 22.8 Å². The number of aliphatic hydroxyl groups is 1. The van der Waals surface area contributed by atoms with Gasteiger partial charge in [-0.1, -0.05) is 25.0 Å². The molecular weight excluding hydrogens is 200 g/mol. The molecule has 0 spiro atoms. The van der Waals surface area contributed by atoms with Gasteiger partial charge in [-0.05, 0) is 38.5 Å². The Morgan fingerprint density at radius 1 is 0.812 bits per heavy atom. The molecule has 2 aliphatic rings. The molecule has 3 unspecified atom stereocenters. The minimum absolute atomic E-state index is 0.461. The highest BCUT2D eigenvalue weighted by Crippen LogP contribution is 2.18. The second kappa shape index (κ2) is 6.38. The second-order valence-electron chi connectivity index (χ2n) is 4.99. The molecule has 1 aliphatic carbocycles. The van der Waals surface area contributed by atoms with Gasteiger partial charge in [-0.2, -0.15) is 0 Å². The van der Waals surface area contributed by atoms with Crippen LogP contribution in [0.25, 0.3) is 0 Å². The van der Waals surface area contributed by atoms with Crippen molar-refractivity contribution in [3.63, 3.8) is 0 Å². The molecule has 92 valence electrons. The molecule has 2 rings (SSSR count). The van der Waals surface area contributed by atoms with Gasteiger partial charge in [-0.3, -0.25) is 10.6 Å². The molecule has 3 atom stereocenters. The zero-order valence-electron chi connectivity index (χ0n) is 9.99. The number of rotatable bonds is 0. The van der Waals surface area contributed by atoms with Crippen LogP contribution in [0.3, 0.4) is 0 Å². The van der Waals surface area contributed by atoms with Crippen LogP contribution < -0.4 is 10.6 Å². The molecule has 1 aliphatic heterocycles. The van der Waals surface area contributed by atoms with E-state index in [1.54, 1.807) is 0 Å². The first-order valence-corrected chi connectivity index (χ1v) is 6.71. The molecule has 3 heteroatoms. The summed E-state index contributed by atoms with van der Waals surface area (Å²) in [6.07, 6.45) is 14.0. The minimum Gasteiger partial charge on any atom is -0.365 e. The third kappa shape index (κ3) is 3.58. The lowest BCUT2D eigenvalue weighted by Gasteiger charge is -2.18. The maximum atomic E-state index is 9.56. The van der Waals surface area contributed by atoms with E-state index in [9.17, 15) is 5.11 Å². The molecule has 0 radical (unpaired) electrons. The van der Waals surface area contributed by atoms with Gasteiger partial charge in [0.25, 0.3) is 0 Å². The van der Waals surface area contributed by atoms with Gasteiger partial charge in [0.15, 0.2) is 6.35 Å². The number of allylic oxidation sites excluding steroid dienone is 2. The van der Waals surface area contributed by atoms with Crippen molar-refractivity contribution in [1.82, 2.24) is 10.6 Å². The summed E-state index contributed by atoms with van der Waals surface area (Å²) in [7, 11) is 0. The highest BCUT2D eigenvalue weighted by atomic mass is 16.3. The highest BCUT2D eigenvalue weighted by molar-refractivity contribution is 4.91. The summed E-state index contributed by atoms with van der Waals surface area (Å²) in [5, 5.41) is 16.0. The number of hydrogen-bond donors (Lipinski definition) is 3. The summed E-state index contributed by atoms with van der Waals surface area (Å²) in [5.74, 6) is 0. The van der Waals surface area contributed by atoms with Gasteiger partial charge in [-0.15, -0.1) is 0 Å². The smallest absolute Gasteiger partial charge is 0.161 e. The average molecular weight is 224 g/mol. The first-order chi connectivity index (χ1) is 7.86. The van der Waals surface area contributed by atoms with Gasteiger partial charge < -0.3 is 5.11 Å². The van der Waals surface area contributed by atoms with Crippen LogP contribution in [0.1, 0.15) is 51.4 Å². The first-order valence-electron chi connectivity index (χ1n) is 6.71. The number of nitrogens with one attached hydrogen (secondary N) is 2. The monoisotopic (exact) mass is 224 g/mol. The number of aliphatic hydroxyl groups excluding tert-OH is 1. The normalized spacial score (nSPS) is 39.4. The Hall–Kier alpha value is -0.380. The van der Waals surface area contributed by atoms with Gasteiger partial charge in [0.05, 0.1) is 0 Å². The average Bonchev–Trinajstić information content (AvgIpc) is 2.59. The van der Waals surface area contributed by atoms with Crippen molar-refractivity contribution in [3.8, 4) is 0 Å². The van der Waals surface area contributed by atoms with Crippen molar-refractivity contribution >= 4 is 0 Å².